The van der Waals surface area contributed by atoms with Gasteiger partial charge in [-0.05, 0) is 75.7 Å². The Morgan fingerprint density at radius 2 is 1.28 bits per heavy atom. The fourth-order valence-electron chi connectivity index (χ4n) is 9.65. The molecule has 284 valence electrons. The number of hydrogen-bond donors (Lipinski definition) is 0. The summed E-state index contributed by atoms with van der Waals surface area (Å²) >= 11 is 0. The Hall–Kier alpha value is -6.79. The molecule has 0 radical (unpaired) electrons. The van der Waals surface area contributed by atoms with Crippen molar-refractivity contribution in [3.05, 3.63) is 201 Å². The van der Waals surface area contributed by atoms with Gasteiger partial charge in [0.25, 0.3) is 11.8 Å². The Morgan fingerprint density at radius 3 is 1.95 bits per heavy atom. The Balaban J connectivity index is 1.27. The molecule has 0 aromatic heterocycles. The van der Waals surface area contributed by atoms with Crippen molar-refractivity contribution >= 4 is 34.4 Å². The summed E-state index contributed by atoms with van der Waals surface area (Å²) in [6.07, 6.45) is 4.32. The molecule has 1 unspecified atom stereocenters. The van der Waals surface area contributed by atoms with E-state index < -0.39 is 34.1 Å². The molecule has 7 aromatic carbocycles. The van der Waals surface area contributed by atoms with E-state index in [0.717, 1.165) is 72.3 Å². The van der Waals surface area contributed by atoms with Gasteiger partial charge in [0, 0.05) is 38.5 Å². The number of carbonyl (C=O) groups is 2. The predicted octanol–water partition coefficient (Wildman–Crippen LogP) is 11.8. The average molecular weight is 762 g/mol. The van der Waals surface area contributed by atoms with E-state index in [-0.39, 0.29) is 0 Å². The highest BCUT2D eigenvalue weighted by atomic mass is 19.1. The summed E-state index contributed by atoms with van der Waals surface area (Å²) in [7, 11) is 1.66. The highest BCUT2D eigenvalue weighted by Crippen LogP contribution is 2.61. The van der Waals surface area contributed by atoms with Crippen LogP contribution in [0.4, 0.5) is 10.1 Å². The van der Waals surface area contributed by atoms with Crippen LogP contribution in [0.3, 0.4) is 0 Å². The SMILES string of the molecule is COc1ccc(C2(c3ccccc3)C=Cc3c4c(c5ccccc5c3O2)-c2c(cc(C(C)(C)c3ccccc3)c3c2C(=O)N(c2ccc(F)cc2)C3=O)C4(C)C)cc1. The summed E-state index contributed by atoms with van der Waals surface area (Å²) in [6, 6.07) is 44.2. The van der Waals surface area contributed by atoms with Crippen molar-refractivity contribution in [2.45, 2.75) is 44.1 Å². The minimum Gasteiger partial charge on any atom is -0.497 e. The Kier molecular flexibility index (Phi) is 7.74. The zero-order chi connectivity index (χ0) is 40.1. The molecule has 5 nitrogen and oxygen atoms in total. The number of rotatable bonds is 6. The van der Waals surface area contributed by atoms with Gasteiger partial charge >= 0.3 is 0 Å². The van der Waals surface area contributed by atoms with E-state index in [1.165, 1.54) is 29.2 Å². The molecule has 1 aliphatic carbocycles. The smallest absolute Gasteiger partial charge is 0.266 e. The number of amides is 2. The third-order valence-corrected chi connectivity index (χ3v) is 12.6. The van der Waals surface area contributed by atoms with Crippen LogP contribution in [-0.2, 0) is 16.4 Å². The molecule has 0 saturated carbocycles. The van der Waals surface area contributed by atoms with E-state index in [0.29, 0.717) is 16.8 Å². The van der Waals surface area contributed by atoms with Crippen molar-refractivity contribution in [1.29, 1.82) is 0 Å². The van der Waals surface area contributed by atoms with E-state index in [1.54, 1.807) is 7.11 Å². The molecule has 0 fully saturated rings. The molecule has 58 heavy (non-hydrogen) atoms. The molecule has 3 aliphatic rings. The van der Waals surface area contributed by atoms with Crippen LogP contribution in [0.5, 0.6) is 11.5 Å². The van der Waals surface area contributed by atoms with Crippen LogP contribution in [0.25, 0.3) is 28.0 Å². The number of hydrogen-bond acceptors (Lipinski definition) is 4. The maximum atomic E-state index is 15.1. The molecule has 6 heteroatoms. The molecular weight excluding hydrogens is 722 g/mol. The number of halogens is 1. The van der Waals surface area contributed by atoms with Crippen molar-refractivity contribution in [2.75, 3.05) is 12.0 Å². The Morgan fingerprint density at radius 1 is 0.672 bits per heavy atom. The molecule has 2 amide bonds. The first-order chi connectivity index (χ1) is 28.0. The summed E-state index contributed by atoms with van der Waals surface area (Å²) < 4.78 is 27.2. The monoisotopic (exact) mass is 761 g/mol. The number of anilines is 1. The molecule has 0 saturated heterocycles. The van der Waals surface area contributed by atoms with Crippen LogP contribution < -0.4 is 14.4 Å². The maximum Gasteiger partial charge on any atom is 0.266 e. The second-order valence-electron chi connectivity index (χ2n) is 16.4. The summed E-state index contributed by atoms with van der Waals surface area (Å²) in [5, 5.41) is 1.82. The lowest BCUT2D eigenvalue weighted by Gasteiger charge is -2.38. The molecule has 1 atom stereocenters. The standard InChI is InChI=1S/C52H40FNO4/c1-50(2,31-14-8-6-9-15-31)41-30-40-43(45-44(41)48(55)54(49(45)56)35-24-22-34(53)23-25-35)42-37-18-12-13-19-38(37)47-39(46(42)51(40,3)4)28-29-52(58-47,32-16-10-7-11-17-32)33-20-26-36(57-5)27-21-33/h6-30H,1-5H3. The first kappa shape index (κ1) is 35.6. The second kappa shape index (κ2) is 12.6. The fraction of sp³-hybridized carbons (Fsp3) is 0.154. The zero-order valence-electron chi connectivity index (χ0n) is 32.9. The van der Waals surface area contributed by atoms with Gasteiger partial charge in [0.2, 0.25) is 0 Å². The highest BCUT2D eigenvalue weighted by Gasteiger charge is 2.51. The minimum absolute atomic E-state index is 0.324. The van der Waals surface area contributed by atoms with Gasteiger partial charge in [0.15, 0.2) is 5.60 Å². The van der Waals surface area contributed by atoms with Gasteiger partial charge in [-0.1, -0.05) is 137 Å². The van der Waals surface area contributed by atoms with Gasteiger partial charge in [-0.15, -0.1) is 0 Å². The number of imide groups is 1. The largest absolute Gasteiger partial charge is 0.497 e. The first-order valence-corrected chi connectivity index (χ1v) is 19.6. The second-order valence-corrected chi connectivity index (χ2v) is 16.4. The van der Waals surface area contributed by atoms with Crippen LogP contribution >= 0.6 is 0 Å². The van der Waals surface area contributed by atoms with E-state index >= 15 is 4.79 Å². The molecule has 0 N–H and O–H groups in total. The summed E-state index contributed by atoms with van der Waals surface area (Å²) in [5.74, 6) is 0.209. The van der Waals surface area contributed by atoms with Crippen LogP contribution in [0.2, 0.25) is 0 Å². The maximum absolute atomic E-state index is 15.1. The fourth-order valence-corrected chi connectivity index (χ4v) is 9.65. The van der Waals surface area contributed by atoms with Gasteiger partial charge < -0.3 is 9.47 Å². The van der Waals surface area contributed by atoms with Crippen LogP contribution in [-0.4, -0.2) is 18.9 Å². The third-order valence-electron chi connectivity index (χ3n) is 12.6. The van der Waals surface area contributed by atoms with E-state index in [1.807, 2.05) is 72.8 Å². The normalized spacial score (nSPS) is 17.4. The molecule has 2 heterocycles. The van der Waals surface area contributed by atoms with Crippen molar-refractivity contribution in [1.82, 2.24) is 0 Å². The topological polar surface area (TPSA) is 55.8 Å². The first-order valence-electron chi connectivity index (χ1n) is 19.6. The van der Waals surface area contributed by atoms with Gasteiger partial charge in [-0.3, -0.25) is 9.59 Å². The molecule has 0 bridgehead atoms. The lowest BCUT2D eigenvalue weighted by molar-refractivity contribution is 0.0925. The number of ether oxygens (including phenoxy) is 2. The Bertz CT molecular complexity index is 2880. The van der Waals surface area contributed by atoms with E-state index in [4.69, 9.17) is 9.47 Å². The van der Waals surface area contributed by atoms with Crippen LogP contribution in [0, 0.1) is 5.82 Å². The van der Waals surface area contributed by atoms with Crippen molar-refractivity contribution in [3.63, 3.8) is 0 Å². The van der Waals surface area contributed by atoms with Crippen LogP contribution in [0.15, 0.2) is 146 Å². The molecule has 0 spiro atoms. The number of fused-ring (bicyclic) bond motifs is 10. The average Bonchev–Trinajstić information content (AvgIpc) is 3.66. The number of nitrogens with zero attached hydrogens (tertiary/aromatic N) is 1. The summed E-state index contributed by atoms with van der Waals surface area (Å²) in [4.78, 5) is 31.3. The molecular formula is C52H40FNO4. The van der Waals surface area contributed by atoms with Crippen LogP contribution in [0.1, 0.15) is 87.4 Å². The summed E-state index contributed by atoms with van der Waals surface area (Å²) in [5.41, 5.74) is 7.12. The highest BCUT2D eigenvalue weighted by molar-refractivity contribution is 6.37. The van der Waals surface area contributed by atoms with Gasteiger partial charge in [0.05, 0.1) is 23.9 Å². The predicted molar refractivity (Wildman–Crippen MR) is 227 cm³/mol. The third kappa shape index (κ3) is 4.87. The lowest BCUT2D eigenvalue weighted by atomic mass is 9.71. The number of carbonyl (C=O) groups excluding carboxylic acids is 2. The van der Waals surface area contributed by atoms with E-state index in [9.17, 15) is 9.18 Å². The van der Waals surface area contributed by atoms with Crippen molar-refractivity contribution < 1.29 is 23.5 Å². The molecule has 7 aromatic rings. The van der Waals surface area contributed by atoms with Gasteiger partial charge in [-0.2, -0.15) is 0 Å². The number of benzene rings is 7. The summed E-state index contributed by atoms with van der Waals surface area (Å²) in [6.45, 7) is 8.61. The molecule has 10 rings (SSSR count). The lowest BCUT2D eigenvalue weighted by Crippen LogP contribution is -2.35. The van der Waals surface area contributed by atoms with E-state index in [2.05, 4.69) is 82.3 Å². The quantitative estimate of drug-likeness (QED) is 0.158. The minimum atomic E-state index is -0.959. The Labute approximate surface area is 337 Å². The number of methoxy groups -OCH3 is 1. The van der Waals surface area contributed by atoms with Gasteiger partial charge in [0.1, 0.15) is 17.3 Å². The zero-order valence-corrected chi connectivity index (χ0v) is 32.9. The van der Waals surface area contributed by atoms with Gasteiger partial charge in [-0.25, -0.2) is 9.29 Å². The van der Waals surface area contributed by atoms with Crippen molar-refractivity contribution in [3.8, 4) is 22.6 Å². The molecule has 2 aliphatic heterocycles. The van der Waals surface area contributed by atoms with Crippen molar-refractivity contribution in [2.24, 2.45) is 0 Å².